The molecule has 0 aromatic carbocycles. The van der Waals surface area contributed by atoms with Crippen LogP contribution < -0.4 is 5.32 Å². The molecule has 0 bridgehead atoms. The number of aromatic nitrogens is 2. The highest BCUT2D eigenvalue weighted by Gasteiger charge is 2.16. The van der Waals surface area contributed by atoms with Crippen molar-refractivity contribution in [3.8, 4) is 5.75 Å². The molecule has 5 nitrogen and oxygen atoms in total. The van der Waals surface area contributed by atoms with Gasteiger partial charge in [-0.1, -0.05) is 12.8 Å². The van der Waals surface area contributed by atoms with Crippen LogP contribution in [-0.2, 0) is 11.3 Å². The van der Waals surface area contributed by atoms with Gasteiger partial charge in [0.1, 0.15) is 0 Å². The van der Waals surface area contributed by atoms with Gasteiger partial charge in [0.15, 0.2) is 5.75 Å². The summed E-state index contributed by atoms with van der Waals surface area (Å²) >= 11 is 0. The number of nitrogens with zero attached hydrogens (tertiary/aromatic N) is 2. The van der Waals surface area contributed by atoms with E-state index in [4.69, 9.17) is 5.11 Å². The number of hydrogen-bond acceptors (Lipinski definition) is 3. The number of rotatable bonds is 4. The second-order valence-electron chi connectivity index (χ2n) is 4.26. The molecule has 2 N–H and O–H groups in total. The Balaban J connectivity index is 1.71. The Morgan fingerprint density at radius 3 is 2.94 bits per heavy atom. The van der Waals surface area contributed by atoms with Crippen molar-refractivity contribution in [3.05, 3.63) is 12.4 Å². The van der Waals surface area contributed by atoms with Crippen LogP contribution in [0.4, 0.5) is 0 Å². The standard InChI is InChI=1S/C11H17N3O2/c15-10-7-12-14(8-10)6-5-11(16)13-9-3-1-2-4-9/h7-9,15H,1-6H2,(H,13,16). The molecule has 1 aromatic rings. The van der Waals surface area contributed by atoms with E-state index in [-0.39, 0.29) is 11.7 Å². The SMILES string of the molecule is O=C(CCn1cc(O)cn1)NC1CCCC1. The highest BCUT2D eigenvalue weighted by atomic mass is 16.3. The quantitative estimate of drug-likeness (QED) is 0.801. The molecule has 1 aliphatic rings. The number of hydrogen-bond donors (Lipinski definition) is 2. The topological polar surface area (TPSA) is 67.2 Å². The Morgan fingerprint density at radius 1 is 1.56 bits per heavy atom. The summed E-state index contributed by atoms with van der Waals surface area (Å²) in [4.78, 5) is 11.6. The third-order valence-corrected chi connectivity index (χ3v) is 2.91. The van der Waals surface area contributed by atoms with Gasteiger partial charge in [-0.05, 0) is 12.8 Å². The number of aromatic hydroxyl groups is 1. The molecule has 5 heteroatoms. The Hall–Kier alpha value is -1.52. The molecule has 0 unspecified atom stereocenters. The number of amides is 1. The summed E-state index contributed by atoms with van der Waals surface area (Å²) < 4.78 is 1.57. The number of carbonyl (C=O) groups is 1. The van der Waals surface area contributed by atoms with Crippen LogP contribution in [0.15, 0.2) is 12.4 Å². The first-order chi connectivity index (χ1) is 7.74. The Morgan fingerprint density at radius 2 is 2.31 bits per heavy atom. The molecule has 1 amide bonds. The molecule has 0 aliphatic heterocycles. The Labute approximate surface area is 94.5 Å². The van der Waals surface area contributed by atoms with Gasteiger partial charge >= 0.3 is 0 Å². The predicted molar refractivity (Wildman–Crippen MR) is 58.9 cm³/mol. The van der Waals surface area contributed by atoms with Gasteiger partial charge in [-0.2, -0.15) is 5.10 Å². The molecule has 1 fully saturated rings. The van der Waals surface area contributed by atoms with Crippen molar-refractivity contribution in [2.24, 2.45) is 0 Å². The first-order valence-corrected chi connectivity index (χ1v) is 5.75. The van der Waals surface area contributed by atoms with Crippen LogP contribution >= 0.6 is 0 Å². The summed E-state index contributed by atoms with van der Waals surface area (Å²) in [5.41, 5.74) is 0. The van der Waals surface area contributed by atoms with Crippen molar-refractivity contribution < 1.29 is 9.90 Å². The molecule has 2 rings (SSSR count). The summed E-state index contributed by atoms with van der Waals surface area (Å²) in [6, 6.07) is 0.374. The van der Waals surface area contributed by atoms with Gasteiger partial charge in [0.05, 0.1) is 12.4 Å². The van der Waals surface area contributed by atoms with Gasteiger partial charge in [0.25, 0.3) is 0 Å². The van der Waals surface area contributed by atoms with Crippen LogP contribution in [0.5, 0.6) is 5.75 Å². The van der Waals surface area contributed by atoms with E-state index in [0.29, 0.717) is 19.0 Å². The van der Waals surface area contributed by atoms with Crippen molar-refractivity contribution in [2.45, 2.75) is 44.7 Å². The van der Waals surface area contributed by atoms with Crippen molar-refractivity contribution in [1.82, 2.24) is 15.1 Å². The van der Waals surface area contributed by atoms with Gasteiger partial charge in [-0.15, -0.1) is 0 Å². The van der Waals surface area contributed by atoms with E-state index in [1.165, 1.54) is 25.2 Å². The molecular weight excluding hydrogens is 206 g/mol. The van der Waals surface area contributed by atoms with Gasteiger partial charge < -0.3 is 10.4 Å². The third kappa shape index (κ3) is 2.98. The van der Waals surface area contributed by atoms with E-state index in [0.717, 1.165) is 12.8 Å². The Bertz CT molecular complexity index is 356. The lowest BCUT2D eigenvalue weighted by Gasteiger charge is -2.11. The molecule has 0 spiro atoms. The van der Waals surface area contributed by atoms with Crippen molar-refractivity contribution in [3.63, 3.8) is 0 Å². The molecule has 1 saturated carbocycles. The lowest BCUT2D eigenvalue weighted by atomic mass is 10.2. The van der Waals surface area contributed by atoms with E-state index >= 15 is 0 Å². The molecule has 0 saturated heterocycles. The fraction of sp³-hybridized carbons (Fsp3) is 0.636. The number of aryl methyl sites for hydroxylation is 1. The molecule has 1 aromatic heterocycles. The zero-order chi connectivity index (χ0) is 11.4. The van der Waals surface area contributed by atoms with E-state index < -0.39 is 0 Å². The summed E-state index contributed by atoms with van der Waals surface area (Å²) in [7, 11) is 0. The van der Waals surface area contributed by atoms with E-state index in [2.05, 4.69) is 10.4 Å². The minimum atomic E-state index is 0.0712. The predicted octanol–water partition coefficient (Wildman–Crippen LogP) is 1.04. The van der Waals surface area contributed by atoms with E-state index in [9.17, 15) is 4.79 Å². The molecular formula is C11H17N3O2. The van der Waals surface area contributed by atoms with Crippen molar-refractivity contribution >= 4 is 5.91 Å². The maximum atomic E-state index is 11.6. The van der Waals surface area contributed by atoms with Crippen LogP contribution in [0.3, 0.4) is 0 Å². The molecule has 1 heterocycles. The lowest BCUT2D eigenvalue weighted by Crippen LogP contribution is -2.33. The average molecular weight is 223 g/mol. The van der Waals surface area contributed by atoms with Crippen LogP contribution in [0.2, 0.25) is 0 Å². The maximum absolute atomic E-state index is 11.6. The van der Waals surface area contributed by atoms with Crippen molar-refractivity contribution in [2.75, 3.05) is 0 Å². The minimum absolute atomic E-state index is 0.0712. The highest BCUT2D eigenvalue weighted by molar-refractivity contribution is 5.76. The average Bonchev–Trinajstić information content (AvgIpc) is 2.87. The second-order valence-corrected chi connectivity index (χ2v) is 4.26. The van der Waals surface area contributed by atoms with E-state index in [1.807, 2.05) is 0 Å². The lowest BCUT2D eigenvalue weighted by molar-refractivity contribution is -0.122. The van der Waals surface area contributed by atoms with E-state index in [1.54, 1.807) is 4.68 Å². The largest absolute Gasteiger partial charge is 0.505 e. The first kappa shape index (κ1) is 11.0. The normalized spacial score (nSPS) is 16.5. The second kappa shape index (κ2) is 5.01. The summed E-state index contributed by atoms with van der Waals surface area (Å²) in [5.74, 6) is 0.207. The number of carbonyl (C=O) groups excluding carboxylic acids is 1. The first-order valence-electron chi connectivity index (χ1n) is 5.75. The minimum Gasteiger partial charge on any atom is -0.505 e. The molecule has 0 radical (unpaired) electrons. The Kier molecular flexibility index (Phi) is 3.44. The molecule has 88 valence electrons. The van der Waals surface area contributed by atoms with Crippen molar-refractivity contribution in [1.29, 1.82) is 0 Å². The van der Waals surface area contributed by atoms with Gasteiger partial charge in [0.2, 0.25) is 5.91 Å². The highest BCUT2D eigenvalue weighted by Crippen LogP contribution is 2.17. The summed E-state index contributed by atoms with van der Waals surface area (Å²) in [5, 5.41) is 16.0. The zero-order valence-corrected chi connectivity index (χ0v) is 9.22. The zero-order valence-electron chi connectivity index (χ0n) is 9.22. The summed E-state index contributed by atoms with van der Waals surface area (Å²) in [6.07, 6.45) is 7.95. The van der Waals surface area contributed by atoms with Crippen LogP contribution in [0.1, 0.15) is 32.1 Å². The summed E-state index contributed by atoms with van der Waals surface area (Å²) in [6.45, 7) is 0.513. The van der Waals surface area contributed by atoms with Crippen LogP contribution in [-0.4, -0.2) is 26.8 Å². The van der Waals surface area contributed by atoms with Crippen LogP contribution in [0.25, 0.3) is 0 Å². The smallest absolute Gasteiger partial charge is 0.222 e. The molecule has 16 heavy (non-hydrogen) atoms. The fourth-order valence-corrected chi connectivity index (χ4v) is 2.06. The van der Waals surface area contributed by atoms with Gasteiger partial charge in [-0.25, -0.2) is 0 Å². The van der Waals surface area contributed by atoms with Crippen LogP contribution in [0, 0.1) is 0 Å². The maximum Gasteiger partial charge on any atom is 0.222 e. The van der Waals surface area contributed by atoms with Gasteiger partial charge in [0, 0.05) is 19.0 Å². The number of nitrogens with one attached hydrogen (secondary N) is 1. The molecule has 0 atom stereocenters. The monoisotopic (exact) mass is 223 g/mol. The molecule has 1 aliphatic carbocycles. The fourth-order valence-electron chi connectivity index (χ4n) is 2.06. The van der Waals surface area contributed by atoms with Gasteiger partial charge in [-0.3, -0.25) is 9.48 Å². The third-order valence-electron chi connectivity index (χ3n) is 2.91.